The number of hydrogen-bond donors (Lipinski definition) is 0. The van der Waals surface area contributed by atoms with E-state index in [-0.39, 0.29) is 0 Å². The van der Waals surface area contributed by atoms with Crippen molar-refractivity contribution in [3.05, 3.63) is 90.8 Å². The molecule has 0 saturated carbocycles. The first-order chi connectivity index (χ1) is 12.3. The third-order valence-electron chi connectivity index (χ3n) is 4.54. The van der Waals surface area contributed by atoms with Crippen molar-refractivity contribution in [1.82, 2.24) is 9.97 Å². The third kappa shape index (κ3) is 3.43. The van der Waals surface area contributed by atoms with Gasteiger partial charge in [0.15, 0.2) is 0 Å². The van der Waals surface area contributed by atoms with E-state index in [0.29, 0.717) is 5.92 Å². The summed E-state index contributed by atoms with van der Waals surface area (Å²) in [5, 5.41) is 0. The summed E-state index contributed by atoms with van der Waals surface area (Å²) in [7, 11) is 0. The quantitative estimate of drug-likeness (QED) is 0.609. The van der Waals surface area contributed by atoms with E-state index >= 15 is 0 Å². The SMILES string of the molecule is CC1C=CC(c2cccc(-c3cc(-c4ccccc4)ncn3)c2)=CC1. The lowest BCUT2D eigenvalue weighted by atomic mass is 9.93. The third-order valence-corrected chi connectivity index (χ3v) is 4.54. The molecule has 0 spiro atoms. The van der Waals surface area contributed by atoms with Gasteiger partial charge in [0, 0.05) is 11.1 Å². The van der Waals surface area contributed by atoms with Gasteiger partial charge in [0.25, 0.3) is 0 Å². The van der Waals surface area contributed by atoms with Crippen molar-refractivity contribution < 1.29 is 0 Å². The molecule has 0 N–H and O–H groups in total. The number of nitrogens with zero attached hydrogens (tertiary/aromatic N) is 2. The monoisotopic (exact) mass is 324 g/mol. The molecular formula is C23H20N2. The zero-order chi connectivity index (χ0) is 17.1. The lowest BCUT2D eigenvalue weighted by Gasteiger charge is -2.13. The Hall–Kier alpha value is -3.00. The molecule has 1 aliphatic carbocycles. The zero-order valence-corrected chi connectivity index (χ0v) is 14.3. The molecule has 4 rings (SSSR count). The smallest absolute Gasteiger partial charge is 0.116 e. The van der Waals surface area contributed by atoms with E-state index in [0.717, 1.165) is 28.9 Å². The Labute approximate surface area is 148 Å². The maximum Gasteiger partial charge on any atom is 0.116 e. The van der Waals surface area contributed by atoms with Crippen LogP contribution in [-0.4, -0.2) is 9.97 Å². The normalized spacial score (nSPS) is 16.5. The Balaban J connectivity index is 1.69. The maximum absolute atomic E-state index is 4.48. The van der Waals surface area contributed by atoms with Gasteiger partial charge in [-0.2, -0.15) is 0 Å². The first-order valence-corrected chi connectivity index (χ1v) is 8.66. The predicted molar refractivity (Wildman–Crippen MR) is 104 cm³/mol. The summed E-state index contributed by atoms with van der Waals surface area (Å²) in [5.74, 6) is 0.627. The first kappa shape index (κ1) is 15.5. The van der Waals surface area contributed by atoms with E-state index in [1.807, 2.05) is 18.2 Å². The fourth-order valence-corrected chi connectivity index (χ4v) is 3.08. The van der Waals surface area contributed by atoms with Crippen LogP contribution in [-0.2, 0) is 0 Å². The van der Waals surface area contributed by atoms with Crippen LogP contribution >= 0.6 is 0 Å². The van der Waals surface area contributed by atoms with E-state index in [9.17, 15) is 0 Å². The number of hydrogen-bond acceptors (Lipinski definition) is 2. The number of benzene rings is 2. The summed E-state index contributed by atoms with van der Waals surface area (Å²) >= 11 is 0. The van der Waals surface area contributed by atoms with E-state index in [1.165, 1.54) is 11.1 Å². The van der Waals surface area contributed by atoms with Gasteiger partial charge in [0.05, 0.1) is 11.4 Å². The Morgan fingerprint density at radius 1 is 0.800 bits per heavy atom. The van der Waals surface area contributed by atoms with Crippen molar-refractivity contribution >= 4 is 5.57 Å². The van der Waals surface area contributed by atoms with Gasteiger partial charge >= 0.3 is 0 Å². The Bertz CT molecular complexity index is 939. The van der Waals surface area contributed by atoms with Crippen LogP contribution in [0.1, 0.15) is 18.9 Å². The van der Waals surface area contributed by atoms with Crippen LogP contribution in [0.5, 0.6) is 0 Å². The van der Waals surface area contributed by atoms with Crippen LogP contribution in [0.15, 0.2) is 85.2 Å². The standard InChI is InChI=1S/C23H20N2/c1-17-10-12-18(13-11-17)20-8-5-9-21(14-20)23-15-22(24-16-25-23)19-6-3-2-4-7-19/h2-10,12-17H,11H2,1H3. The average molecular weight is 324 g/mol. The first-order valence-electron chi connectivity index (χ1n) is 8.66. The fourth-order valence-electron chi connectivity index (χ4n) is 3.08. The van der Waals surface area contributed by atoms with Crippen LogP contribution in [0.3, 0.4) is 0 Å². The lowest BCUT2D eigenvalue weighted by Crippen LogP contribution is -1.95. The van der Waals surface area contributed by atoms with Gasteiger partial charge in [0.2, 0.25) is 0 Å². The second-order valence-electron chi connectivity index (χ2n) is 6.47. The molecule has 1 atom stereocenters. The van der Waals surface area contributed by atoms with Crippen molar-refractivity contribution in [3.8, 4) is 22.5 Å². The van der Waals surface area contributed by atoms with Crippen LogP contribution in [0.4, 0.5) is 0 Å². The highest BCUT2D eigenvalue weighted by Gasteiger charge is 2.08. The van der Waals surface area contributed by atoms with E-state index in [1.54, 1.807) is 6.33 Å². The molecule has 2 heteroatoms. The van der Waals surface area contributed by atoms with E-state index in [4.69, 9.17) is 0 Å². The molecule has 1 unspecified atom stereocenters. The van der Waals surface area contributed by atoms with Gasteiger partial charge in [0.1, 0.15) is 6.33 Å². The van der Waals surface area contributed by atoms with E-state index < -0.39 is 0 Å². The molecule has 1 aromatic heterocycles. The highest BCUT2D eigenvalue weighted by molar-refractivity contribution is 5.78. The van der Waals surface area contributed by atoms with Crippen molar-refractivity contribution in [2.75, 3.05) is 0 Å². The van der Waals surface area contributed by atoms with Gasteiger partial charge in [-0.05, 0) is 35.6 Å². The summed E-state index contributed by atoms with van der Waals surface area (Å²) in [4.78, 5) is 8.91. The molecule has 1 aliphatic rings. The molecular weight excluding hydrogens is 304 g/mol. The van der Waals surface area contributed by atoms with Crippen LogP contribution in [0.25, 0.3) is 28.1 Å². The van der Waals surface area contributed by atoms with Crippen molar-refractivity contribution in [3.63, 3.8) is 0 Å². The Morgan fingerprint density at radius 3 is 2.28 bits per heavy atom. The summed E-state index contributed by atoms with van der Waals surface area (Å²) in [6.45, 7) is 2.24. The molecule has 122 valence electrons. The zero-order valence-electron chi connectivity index (χ0n) is 14.3. The molecule has 0 aliphatic heterocycles. The molecule has 3 aromatic rings. The molecule has 0 saturated heterocycles. The van der Waals surface area contributed by atoms with Gasteiger partial charge in [-0.25, -0.2) is 9.97 Å². The molecule has 2 nitrogen and oxygen atoms in total. The lowest BCUT2D eigenvalue weighted by molar-refractivity contribution is 0.739. The Kier molecular flexibility index (Phi) is 4.26. The summed E-state index contributed by atoms with van der Waals surface area (Å²) in [6.07, 6.45) is 9.57. The minimum absolute atomic E-state index is 0.627. The number of allylic oxidation sites excluding steroid dienone is 4. The number of rotatable bonds is 3. The average Bonchev–Trinajstić information content (AvgIpc) is 2.69. The fraction of sp³-hybridized carbons (Fsp3) is 0.130. The summed E-state index contributed by atoms with van der Waals surface area (Å²) < 4.78 is 0. The van der Waals surface area contributed by atoms with Gasteiger partial charge < -0.3 is 0 Å². The minimum atomic E-state index is 0.627. The second-order valence-corrected chi connectivity index (χ2v) is 6.47. The summed E-state index contributed by atoms with van der Waals surface area (Å²) in [6, 6.07) is 20.9. The molecule has 0 amide bonds. The number of aromatic nitrogens is 2. The van der Waals surface area contributed by atoms with Crippen LogP contribution in [0, 0.1) is 5.92 Å². The Morgan fingerprint density at radius 2 is 1.52 bits per heavy atom. The van der Waals surface area contributed by atoms with Crippen molar-refractivity contribution in [2.24, 2.45) is 5.92 Å². The highest BCUT2D eigenvalue weighted by Crippen LogP contribution is 2.28. The van der Waals surface area contributed by atoms with Gasteiger partial charge in [-0.3, -0.25) is 0 Å². The molecule has 1 heterocycles. The summed E-state index contributed by atoms with van der Waals surface area (Å²) in [5.41, 5.74) is 6.64. The minimum Gasteiger partial charge on any atom is -0.236 e. The molecule has 2 aromatic carbocycles. The topological polar surface area (TPSA) is 25.8 Å². The second kappa shape index (κ2) is 6.86. The predicted octanol–water partition coefficient (Wildman–Crippen LogP) is 5.79. The van der Waals surface area contributed by atoms with Crippen LogP contribution in [0.2, 0.25) is 0 Å². The molecule has 0 bridgehead atoms. The van der Waals surface area contributed by atoms with Crippen molar-refractivity contribution in [1.29, 1.82) is 0 Å². The van der Waals surface area contributed by atoms with Crippen molar-refractivity contribution in [2.45, 2.75) is 13.3 Å². The van der Waals surface area contributed by atoms with Gasteiger partial charge in [-0.15, -0.1) is 0 Å². The maximum atomic E-state index is 4.48. The molecule has 0 fully saturated rings. The molecule has 25 heavy (non-hydrogen) atoms. The molecule has 0 radical (unpaired) electrons. The largest absolute Gasteiger partial charge is 0.236 e. The van der Waals surface area contributed by atoms with E-state index in [2.05, 4.69) is 77.6 Å². The highest BCUT2D eigenvalue weighted by atomic mass is 14.8. The van der Waals surface area contributed by atoms with Gasteiger partial charge in [-0.1, -0.05) is 73.7 Å². The van der Waals surface area contributed by atoms with Crippen LogP contribution < -0.4 is 0 Å².